The summed E-state index contributed by atoms with van der Waals surface area (Å²) in [5, 5.41) is 8.28. The molecule has 0 radical (unpaired) electrons. The lowest BCUT2D eigenvalue weighted by Crippen LogP contribution is -2.02. The Bertz CT molecular complexity index is 703. The Labute approximate surface area is 110 Å². The molecule has 0 aliphatic carbocycles. The predicted molar refractivity (Wildman–Crippen MR) is 73.7 cm³/mol. The van der Waals surface area contributed by atoms with E-state index in [1.807, 2.05) is 43.3 Å². The van der Waals surface area contributed by atoms with Gasteiger partial charge >= 0.3 is 0 Å². The molecule has 2 aromatic heterocycles. The summed E-state index contributed by atoms with van der Waals surface area (Å²) in [5.41, 5.74) is 9.77. The highest BCUT2D eigenvalue weighted by atomic mass is 15.5. The van der Waals surface area contributed by atoms with E-state index in [4.69, 9.17) is 5.73 Å². The number of nitrogens with two attached hydrogens (primary N) is 1. The molecule has 0 fully saturated rings. The van der Waals surface area contributed by atoms with Crippen LogP contribution in [0.3, 0.4) is 0 Å². The third-order valence-corrected chi connectivity index (χ3v) is 2.90. The number of rotatable bonds is 2. The first-order valence-corrected chi connectivity index (χ1v) is 5.94. The summed E-state index contributed by atoms with van der Waals surface area (Å²) < 4.78 is 1.64. The number of nitrogen functional groups attached to an aromatic ring is 1. The highest BCUT2D eigenvalue weighted by molar-refractivity contribution is 5.70. The van der Waals surface area contributed by atoms with Gasteiger partial charge in [0.25, 0.3) is 0 Å². The minimum atomic E-state index is 0.525. The molecule has 0 saturated heterocycles. The first kappa shape index (κ1) is 11.4. The summed E-state index contributed by atoms with van der Waals surface area (Å²) in [6, 6.07) is 11.7. The summed E-state index contributed by atoms with van der Waals surface area (Å²) in [7, 11) is 0. The number of benzene rings is 1. The maximum Gasteiger partial charge on any atom is 0.155 e. The number of anilines is 1. The Balaban J connectivity index is 2.09. The van der Waals surface area contributed by atoms with E-state index in [1.165, 1.54) is 0 Å². The van der Waals surface area contributed by atoms with Crippen LogP contribution in [-0.2, 0) is 0 Å². The first-order valence-electron chi connectivity index (χ1n) is 5.94. The minimum absolute atomic E-state index is 0.525. The number of aromatic nitrogens is 4. The lowest BCUT2D eigenvalue weighted by atomic mass is 10.2. The van der Waals surface area contributed by atoms with E-state index in [-0.39, 0.29) is 0 Å². The summed E-state index contributed by atoms with van der Waals surface area (Å²) >= 11 is 0. The van der Waals surface area contributed by atoms with Crippen LogP contribution in [-0.4, -0.2) is 20.0 Å². The van der Waals surface area contributed by atoms with Gasteiger partial charge in [-0.15, -0.1) is 5.10 Å². The van der Waals surface area contributed by atoms with Crippen molar-refractivity contribution in [2.24, 2.45) is 0 Å². The lowest BCUT2D eigenvalue weighted by molar-refractivity contribution is 0.810. The Morgan fingerprint density at radius 3 is 2.63 bits per heavy atom. The number of hydrogen-bond acceptors (Lipinski definition) is 4. The molecule has 0 aliphatic heterocycles. The standard InChI is InChI=1S/C14H13N5/c1-10-3-2-4-12(9-10)19-14(15)13(17-18-19)11-5-7-16-8-6-11/h2-9H,15H2,1H3. The van der Waals surface area contributed by atoms with Gasteiger partial charge in [-0.05, 0) is 36.8 Å². The molecule has 1 aromatic carbocycles. The van der Waals surface area contributed by atoms with Crippen molar-refractivity contribution < 1.29 is 0 Å². The summed E-state index contributed by atoms with van der Waals surface area (Å²) in [6.07, 6.45) is 3.42. The van der Waals surface area contributed by atoms with Crippen LogP contribution in [0.25, 0.3) is 16.9 Å². The molecule has 0 saturated carbocycles. The van der Waals surface area contributed by atoms with Crippen LogP contribution in [0.1, 0.15) is 5.56 Å². The molecule has 2 heterocycles. The van der Waals surface area contributed by atoms with Crippen molar-refractivity contribution >= 4 is 5.82 Å². The third-order valence-electron chi connectivity index (χ3n) is 2.90. The van der Waals surface area contributed by atoms with Gasteiger partial charge in [0.1, 0.15) is 5.69 Å². The van der Waals surface area contributed by atoms with Gasteiger partial charge in [0.05, 0.1) is 5.69 Å². The van der Waals surface area contributed by atoms with Gasteiger partial charge in [-0.2, -0.15) is 4.68 Å². The molecule has 94 valence electrons. The summed E-state index contributed by atoms with van der Waals surface area (Å²) in [6.45, 7) is 2.03. The van der Waals surface area contributed by atoms with E-state index < -0.39 is 0 Å². The highest BCUT2D eigenvalue weighted by Gasteiger charge is 2.12. The maximum absolute atomic E-state index is 6.14. The van der Waals surface area contributed by atoms with E-state index in [1.54, 1.807) is 17.1 Å². The van der Waals surface area contributed by atoms with Crippen LogP contribution < -0.4 is 5.73 Å². The molecular weight excluding hydrogens is 238 g/mol. The SMILES string of the molecule is Cc1cccc(-n2nnc(-c3ccncc3)c2N)c1. The number of hydrogen-bond donors (Lipinski definition) is 1. The Kier molecular flexibility index (Phi) is 2.72. The summed E-state index contributed by atoms with van der Waals surface area (Å²) in [5.74, 6) is 0.525. The fraction of sp³-hybridized carbons (Fsp3) is 0.0714. The zero-order valence-electron chi connectivity index (χ0n) is 10.5. The normalized spacial score (nSPS) is 10.6. The lowest BCUT2D eigenvalue weighted by Gasteiger charge is -2.04. The zero-order valence-corrected chi connectivity index (χ0v) is 10.5. The van der Waals surface area contributed by atoms with Crippen LogP contribution in [0, 0.1) is 6.92 Å². The van der Waals surface area contributed by atoms with Gasteiger partial charge in [0, 0.05) is 18.0 Å². The number of nitrogens with zero attached hydrogens (tertiary/aromatic N) is 4. The van der Waals surface area contributed by atoms with Gasteiger partial charge in [0.2, 0.25) is 0 Å². The van der Waals surface area contributed by atoms with Crippen molar-refractivity contribution in [3.63, 3.8) is 0 Å². The smallest absolute Gasteiger partial charge is 0.155 e. The van der Waals surface area contributed by atoms with E-state index >= 15 is 0 Å². The van der Waals surface area contributed by atoms with Crippen molar-refractivity contribution in [1.82, 2.24) is 20.0 Å². The molecule has 5 nitrogen and oxygen atoms in total. The van der Waals surface area contributed by atoms with E-state index in [9.17, 15) is 0 Å². The van der Waals surface area contributed by atoms with Crippen molar-refractivity contribution in [3.8, 4) is 16.9 Å². The van der Waals surface area contributed by atoms with Crippen LogP contribution in [0.4, 0.5) is 5.82 Å². The fourth-order valence-corrected chi connectivity index (χ4v) is 1.96. The largest absolute Gasteiger partial charge is 0.382 e. The molecule has 0 aliphatic rings. The quantitative estimate of drug-likeness (QED) is 0.758. The highest BCUT2D eigenvalue weighted by Crippen LogP contribution is 2.24. The molecular formula is C14H13N5. The second kappa shape index (κ2) is 4.53. The predicted octanol–water partition coefficient (Wildman–Crippen LogP) is 2.22. The van der Waals surface area contributed by atoms with Crippen LogP contribution in [0.15, 0.2) is 48.8 Å². The number of pyridine rings is 1. The maximum atomic E-state index is 6.14. The fourth-order valence-electron chi connectivity index (χ4n) is 1.96. The molecule has 0 unspecified atom stereocenters. The molecule has 19 heavy (non-hydrogen) atoms. The molecule has 2 N–H and O–H groups in total. The van der Waals surface area contributed by atoms with Crippen LogP contribution in [0.5, 0.6) is 0 Å². The van der Waals surface area contributed by atoms with Gasteiger partial charge in [-0.1, -0.05) is 17.3 Å². The van der Waals surface area contributed by atoms with Crippen molar-refractivity contribution in [2.75, 3.05) is 5.73 Å². The average molecular weight is 251 g/mol. The van der Waals surface area contributed by atoms with E-state index in [0.717, 1.165) is 16.8 Å². The van der Waals surface area contributed by atoms with Gasteiger partial charge < -0.3 is 5.73 Å². The Morgan fingerprint density at radius 1 is 1.11 bits per heavy atom. The van der Waals surface area contributed by atoms with Crippen LogP contribution in [0.2, 0.25) is 0 Å². The van der Waals surface area contributed by atoms with Gasteiger partial charge in [-0.3, -0.25) is 4.98 Å². The van der Waals surface area contributed by atoms with E-state index in [0.29, 0.717) is 11.5 Å². The Hall–Kier alpha value is -2.69. The molecule has 3 aromatic rings. The monoisotopic (exact) mass is 251 g/mol. The number of aryl methyl sites for hydroxylation is 1. The second-order valence-electron chi connectivity index (χ2n) is 4.31. The van der Waals surface area contributed by atoms with E-state index in [2.05, 4.69) is 15.3 Å². The minimum Gasteiger partial charge on any atom is -0.382 e. The molecule has 0 spiro atoms. The van der Waals surface area contributed by atoms with Gasteiger partial charge in [0.15, 0.2) is 5.82 Å². The molecule has 5 heteroatoms. The molecule has 0 bridgehead atoms. The topological polar surface area (TPSA) is 69.6 Å². The molecule has 0 amide bonds. The second-order valence-corrected chi connectivity index (χ2v) is 4.31. The molecule has 3 rings (SSSR count). The Morgan fingerprint density at radius 2 is 1.89 bits per heavy atom. The van der Waals surface area contributed by atoms with Crippen LogP contribution >= 0.6 is 0 Å². The zero-order chi connectivity index (χ0) is 13.2. The third kappa shape index (κ3) is 2.06. The first-order chi connectivity index (χ1) is 9.25. The molecule has 0 atom stereocenters. The van der Waals surface area contributed by atoms with Crippen molar-refractivity contribution in [3.05, 3.63) is 54.4 Å². The average Bonchev–Trinajstić information content (AvgIpc) is 2.81. The van der Waals surface area contributed by atoms with Crippen molar-refractivity contribution in [2.45, 2.75) is 6.92 Å². The van der Waals surface area contributed by atoms with Crippen molar-refractivity contribution in [1.29, 1.82) is 0 Å². The summed E-state index contributed by atoms with van der Waals surface area (Å²) in [4.78, 5) is 3.98. The van der Waals surface area contributed by atoms with Gasteiger partial charge in [-0.25, -0.2) is 0 Å².